The number of sulfonamides is 1. The third-order valence-corrected chi connectivity index (χ3v) is 6.91. The maximum Gasteiger partial charge on any atom is 0.243 e. The van der Waals surface area contributed by atoms with Crippen molar-refractivity contribution in [1.82, 2.24) is 4.31 Å². The summed E-state index contributed by atoms with van der Waals surface area (Å²) >= 11 is 0. The molecule has 31 heavy (non-hydrogen) atoms. The minimum atomic E-state index is -3.94. The summed E-state index contributed by atoms with van der Waals surface area (Å²) in [5.41, 5.74) is 2.38. The van der Waals surface area contributed by atoms with Gasteiger partial charge >= 0.3 is 0 Å². The van der Waals surface area contributed by atoms with E-state index in [1.165, 1.54) is 18.2 Å². The highest BCUT2D eigenvalue weighted by Crippen LogP contribution is 2.22. The first-order valence-electron chi connectivity index (χ1n) is 9.93. The molecule has 0 aliphatic rings. The van der Waals surface area contributed by atoms with Gasteiger partial charge in [-0.2, -0.15) is 4.31 Å². The van der Waals surface area contributed by atoms with Crippen LogP contribution in [0.4, 0.5) is 10.1 Å². The number of benzene rings is 3. The van der Waals surface area contributed by atoms with E-state index in [0.717, 1.165) is 15.4 Å². The molecule has 0 saturated carbocycles. The van der Waals surface area contributed by atoms with E-state index in [9.17, 15) is 17.6 Å². The largest absolute Gasteiger partial charge is 0.322 e. The molecular weight excluding hydrogens is 415 g/mol. The lowest BCUT2D eigenvalue weighted by molar-refractivity contribution is -0.116. The highest BCUT2D eigenvalue weighted by Gasteiger charge is 2.28. The van der Waals surface area contributed by atoms with Crippen LogP contribution in [0.25, 0.3) is 0 Å². The molecule has 1 amide bonds. The average Bonchev–Trinajstić information content (AvgIpc) is 2.75. The summed E-state index contributed by atoms with van der Waals surface area (Å²) in [6, 6.07) is 20.4. The van der Waals surface area contributed by atoms with Crippen molar-refractivity contribution in [3.8, 4) is 0 Å². The van der Waals surface area contributed by atoms with Crippen LogP contribution in [0.1, 0.15) is 16.7 Å². The number of carbonyl (C=O) groups excluding carboxylic acids is 1. The van der Waals surface area contributed by atoms with Crippen LogP contribution in [-0.2, 0) is 21.2 Å². The number of aryl methyl sites for hydroxylation is 2. The normalized spacial score (nSPS) is 11.5. The Bertz CT molecular complexity index is 1160. The SMILES string of the molecule is Cc1ccc(C)c(S(=O)(=O)N(CCc2ccccc2)CC(=O)Nc2ccccc2F)c1. The Kier molecular flexibility index (Phi) is 7.20. The molecule has 3 rings (SSSR count). The van der Waals surface area contributed by atoms with Crippen LogP contribution < -0.4 is 5.32 Å². The molecule has 7 heteroatoms. The fraction of sp³-hybridized carbons (Fsp3) is 0.208. The molecule has 0 unspecified atom stereocenters. The molecule has 0 fully saturated rings. The summed E-state index contributed by atoms with van der Waals surface area (Å²) in [6.07, 6.45) is 0.442. The number of nitrogens with one attached hydrogen (secondary N) is 1. The zero-order chi connectivity index (χ0) is 22.4. The minimum absolute atomic E-state index is 0.0136. The average molecular weight is 441 g/mol. The summed E-state index contributed by atoms with van der Waals surface area (Å²) in [5.74, 6) is -1.18. The van der Waals surface area contributed by atoms with Crippen LogP contribution in [-0.4, -0.2) is 31.7 Å². The van der Waals surface area contributed by atoms with E-state index in [1.807, 2.05) is 43.3 Å². The van der Waals surface area contributed by atoms with Crippen LogP contribution in [0.2, 0.25) is 0 Å². The Morgan fingerprint density at radius 1 is 0.968 bits per heavy atom. The molecule has 0 aliphatic carbocycles. The zero-order valence-corrected chi connectivity index (χ0v) is 18.3. The molecule has 3 aromatic carbocycles. The molecule has 0 heterocycles. The second-order valence-electron chi connectivity index (χ2n) is 7.37. The number of nitrogens with zero attached hydrogens (tertiary/aromatic N) is 1. The lowest BCUT2D eigenvalue weighted by atomic mass is 10.1. The molecule has 5 nitrogen and oxygen atoms in total. The molecule has 3 aromatic rings. The van der Waals surface area contributed by atoms with E-state index in [2.05, 4.69) is 5.32 Å². The second kappa shape index (κ2) is 9.85. The first kappa shape index (κ1) is 22.7. The smallest absolute Gasteiger partial charge is 0.243 e. The number of carbonyl (C=O) groups is 1. The van der Waals surface area contributed by atoms with Crippen LogP contribution in [0.3, 0.4) is 0 Å². The number of hydrogen-bond acceptors (Lipinski definition) is 3. The summed E-state index contributed by atoms with van der Waals surface area (Å²) in [6.45, 7) is 3.24. The Balaban J connectivity index is 1.87. The van der Waals surface area contributed by atoms with Crippen molar-refractivity contribution in [2.45, 2.75) is 25.2 Å². The molecule has 0 aromatic heterocycles. The van der Waals surface area contributed by atoms with Gasteiger partial charge in [0, 0.05) is 6.54 Å². The molecule has 0 radical (unpaired) electrons. The molecule has 0 spiro atoms. The van der Waals surface area contributed by atoms with Gasteiger partial charge in [0.25, 0.3) is 0 Å². The monoisotopic (exact) mass is 440 g/mol. The van der Waals surface area contributed by atoms with Crippen molar-refractivity contribution >= 4 is 21.6 Å². The Morgan fingerprint density at radius 3 is 2.35 bits per heavy atom. The highest BCUT2D eigenvalue weighted by molar-refractivity contribution is 7.89. The van der Waals surface area contributed by atoms with Gasteiger partial charge in [0.1, 0.15) is 5.82 Å². The molecule has 0 saturated heterocycles. The van der Waals surface area contributed by atoms with E-state index in [-0.39, 0.29) is 17.1 Å². The van der Waals surface area contributed by atoms with Crippen molar-refractivity contribution in [3.63, 3.8) is 0 Å². The molecule has 0 aliphatic heterocycles. The molecular formula is C24H25FN2O3S. The Hall–Kier alpha value is -3.03. The number of rotatable bonds is 8. The Labute approximate surface area is 182 Å². The summed E-state index contributed by atoms with van der Waals surface area (Å²) in [5, 5.41) is 2.47. The van der Waals surface area contributed by atoms with Gasteiger partial charge in [0.05, 0.1) is 17.1 Å². The second-order valence-corrected chi connectivity index (χ2v) is 9.28. The molecule has 0 bridgehead atoms. The van der Waals surface area contributed by atoms with Crippen molar-refractivity contribution in [1.29, 1.82) is 0 Å². The zero-order valence-electron chi connectivity index (χ0n) is 17.5. The van der Waals surface area contributed by atoms with E-state index in [1.54, 1.807) is 25.1 Å². The predicted molar refractivity (Wildman–Crippen MR) is 120 cm³/mol. The van der Waals surface area contributed by atoms with E-state index in [4.69, 9.17) is 0 Å². The number of halogens is 1. The van der Waals surface area contributed by atoms with Crippen LogP contribution >= 0.6 is 0 Å². The topological polar surface area (TPSA) is 66.5 Å². The van der Waals surface area contributed by atoms with Gasteiger partial charge in [0.15, 0.2) is 0 Å². The minimum Gasteiger partial charge on any atom is -0.322 e. The predicted octanol–water partition coefficient (Wildman–Crippen LogP) is 4.31. The first-order valence-corrected chi connectivity index (χ1v) is 11.4. The molecule has 162 valence electrons. The van der Waals surface area contributed by atoms with Gasteiger partial charge in [0.2, 0.25) is 15.9 Å². The lowest BCUT2D eigenvalue weighted by Crippen LogP contribution is -2.39. The maximum atomic E-state index is 13.9. The summed E-state index contributed by atoms with van der Waals surface area (Å²) in [4.78, 5) is 12.8. The molecule has 1 N–H and O–H groups in total. The first-order chi connectivity index (χ1) is 14.8. The lowest BCUT2D eigenvalue weighted by Gasteiger charge is -2.23. The van der Waals surface area contributed by atoms with Crippen molar-refractivity contribution in [2.75, 3.05) is 18.4 Å². The van der Waals surface area contributed by atoms with Crippen LogP contribution in [0.15, 0.2) is 77.7 Å². The standard InChI is InChI=1S/C24H25FN2O3S/c1-18-12-13-19(2)23(16-18)31(29,30)27(15-14-20-8-4-3-5-9-20)17-24(28)26-22-11-7-6-10-21(22)25/h3-13,16H,14-15,17H2,1-2H3,(H,26,28). The van der Waals surface area contributed by atoms with Crippen LogP contribution in [0.5, 0.6) is 0 Å². The molecule has 0 atom stereocenters. The third kappa shape index (κ3) is 5.77. The fourth-order valence-corrected chi connectivity index (χ4v) is 4.93. The van der Waals surface area contributed by atoms with Gasteiger partial charge in [-0.05, 0) is 55.2 Å². The highest BCUT2D eigenvalue weighted by atomic mass is 32.2. The number of hydrogen-bond donors (Lipinski definition) is 1. The van der Waals surface area contributed by atoms with Crippen molar-refractivity contribution in [2.24, 2.45) is 0 Å². The van der Waals surface area contributed by atoms with Crippen LogP contribution in [0, 0.1) is 19.7 Å². The van der Waals surface area contributed by atoms with Crippen molar-refractivity contribution < 1.29 is 17.6 Å². The van der Waals surface area contributed by atoms with Gasteiger partial charge in [-0.25, -0.2) is 12.8 Å². The van der Waals surface area contributed by atoms with E-state index in [0.29, 0.717) is 12.0 Å². The van der Waals surface area contributed by atoms with Gasteiger partial charge in [-0.3, -0.25) is 4.79 Å². The van der Waals surface area contributed by atoms with E-state index >= 15 is 0 Å². The summed E-state index contributed by atoms with van der Waals surface area (Å²) < 4.78 is 42.0. The summed E-state index contributed by atoms with van der Waals surface area (Å²) in [7, 11) is -3.94. The Morgan fingerprint density at radius 2 is 1.65 bits per heavy atom. The number of amides is 1. The number of para-hydroxylation sites is 1. The number of anilines is 1. The van der Waals surface area contributed by atoms with Gasteiger partial charge in [-0.1, -0.05) is 54.6 Å². The van der Waals surface area contributed by atoms with Crippen molar-refractivity contribution in [3.05, 3.63) is 95.3 Å². The fourth-order valence-electron chi connectivity index (χ4n) is 3.22. The maximum absolute atomic E-state index is 13.9. The van der Waals surface area contributed by atoms with Gasteiger partial charge < -0.3 is 5.32 Å². The quantitative estimate of drug-likeness (QED) is 0.568. The third-order valence-electron chi connectivity index (χ3n) is 4.92. The van der Waals surface area contributed by atoms with Gasteiger partial charge in [-0.15, -0.1) is 0 Å². The van der Waals surface area contributed by atoms with E-state index < -0.39 is 28.3 Å².